The Kier molecular flexibility index (Phi) is 4.06. The molecule has 0 aliphatic heterocycles. The van der Waals surface area contributed by atoms with Gasteiger partial charge in [0.15, 0.2) is 4.77 Å². The average Bonchev–Trinajstić information content (AvgIpc) is 2.67. The van der Waals surface area contributed by atoms with E-state index in [1.54, 1.807) is 19.5 Å². The molecule has 0 saturated heterocycles. The maximum Gasteiger partial charge on any atom is 0.261 e. The summed E-state index contributed by atoms with van der Waals surface area (Å²) in [4.78, 5) is 26.9. The Morgan fingerprint density at radius 3 is 2.69 bits per heavy atom. The average molecular weight is 362 g/mol. The highest BCUT2D eigenvalue weighted by atomic mass is 32.1. The lowest BCUT2D eigenvalue weighted by Gasteiger charge is -2.10. The normalized spacial score (nSPS) is 10.8. The van der Waals surface area contributed by atoms with Gasteiger partial charge in [-0.05, 0) is 48.1 Å². The summed E-state index contributed by atoms with van der Waals surface area (Å²) in [5, 5.41) is 0.444. The topological polar surface area (TPSA) is 83.7 Å². The van der Waals surface area contributed by atoms with Crippen molar-refractivity contribution in [3.8, 4) is 28.1 Å². The van der Waals surface area contributed by atoms with Crippen LogP contribution in [-0.4, -0.2) is 27.0 Å². The van der Waals surface area contributed by atoms with Crippen molar-refractivity contribution in [1.82, 2.24) is 19.9 Å². The first-order valence-corrected chi connectivity index (χ1v) is 8.29. The predicted molar refractivity (Wildman–Crippen MR) is 103 cm³/mol. The van der Waals surface area contributed by atoms with Crippen LogP contribution in [0.3, 0.4) is 0 Å². The lowest BCUT2D eigenvalue weighted by Crippen LogP contribution is -2.10. The summed E-state index contributed by atoms with van der Waals surface area (Å²) in [5.41, 5.74) is 3.26. The SMILES string of the molecule is COc1cccc(-c2cc(-c3cccnc3)nc3[nH]c(=S)[nH]c(=O)c23)c1. The fourth-order valence-electron chi connectivity index (χ4n) is 2.85. The molecule has 0 unspecified atom stereocenters. The molecule has 7 heteroatoms. The Balaban J connectivity index is 2.09. The largest absolute Gasteiger partial charge is 0.497 e. The summed E-state index contributed by atoms with van der Waals surface area (Å²) in [6, 6.07) is 13.2. The highest BCUT2D eigenvalue weighted by molar-refractivity contribution is 7.71. The van der Waals surface area contributed by atoms with Gasteiger partial charge in [0.1, 0.15) is 11.4 Å². The predicted octanol–water partition coefficient (Wildman–Crippen LogP) is 3.72. The van der Waals surface area contributed by atoms with Crippen molar-refractivity contribution < 1.29 is 4.74 Å². The van der Waals surface area contributed by atoms with Gasteiger partial charge in [-0.3, -0.25) is 14.8 Å². The number of fused-ring (bicyclic) bond motifs is 1. The number of methoxy groups -OCH3 is 1. The maximum atomic E-state index is 12.6. The monoisotopic (exact) mass is 362 g/mol. The third kappa shape index (κ3) is 2.89. The van der Waals surface area contributed by atoms with Crippen LogP contribution in [0.2, 0.25) is 0 Å². The highest BCUT2D eigenvalue weighted by Crippen LogP contribution is 2.31. The van der Waals surface area contributed by atoms with Crippen molar-refractivity contribution in [2.75, 3.05) is 7.11 Å². The first-order valence-electron chi connectivity index (χ1n) is 7.88. The van der Waals surface area contributed by atoms with E-state index in [0.29, 0.717) is 22.5 Å². The van der Waals surface area contributed by atoms with Crippen LogP contribution in [0.4, 0.5) is 0 Å². The zero-order valence-corrected chi connectivity index (χ0v) is 14.6. The molecule has 0 spiro atoms. The van der Waals surface area contributed by atoms with E-state index in [9.17, 15) is 4.79 Å². The molecule has 4 rings (SSSR count). The molecule has 0 radical (unpaired) electrons. The molecular weight excluding hydrogens is 348 g/mol. The summed E-state index contributed by atoms with van der Waals surface area (Å²) in [5.74, 6) is 0.704. The zero-order chi connectivity index (χ0) is 18.1. The van der Waals surface area contributed by atoms with Crippen molar-refractivity contribution in [2.24, 2.45) is 0 Å². The molecule has 0 bridgehead atoms. The molecule has 3 aromatic heterocycles. The van der Waals surface area contributed by atoms with Crippen LogP contribution in [0, 0.1) is 4.77 Å². The molecule has 26 heavy (non-hydrogen) atoms. The van der Waals surface area contributed by atoms with Gasteiger partial charge in [-0.1, -0.05) is 12.1 Å². The van der Waals surface area contributed by atoms with Gasteiger partial charge >= 0.3 is 0 Å². The Bertz CT molecular complexity index is 1220. The second-order valence-corrected chi connectivity index (χ2v) is 6.07. The fraction of sp³-hybridized carbons (Fsp3) is 0.0526. The van der Waals surface area contributed by atoms with Crippen LogP contribution in [-0.2, 0) is 0 Å². The van der Waals surface area contributed by atoms with Crippen LogP contribution in [0.25, 0.3) is 33.4 Å². The highest BCUT2D eigenvalue weighted by Gasteiger charge is 2.14. The summed E-state index contributed by atoms with van der Waals surface area (Å²) < 4.78 is 5.55. The third-order valence-electron chi connectivity index (χ3n) is 4.04. The van der Waals surface area contributed by atoms with Crippen molar-refractivity contribution >= 4 is 23.3 Å². The number of ether oxygens (including phenoxy) is 1. The second kappa shape index (κ2) is 6.53. The molecular formula is C19H14N4O2S. The van der Waals surface area contributed by atoms with Gasteiger partial charge in [-0.2, -0.15) is 0 Å². The molecule has 128 valence electrons. The summed E-state index contributed by atoms with van der Waals surface area (Å²) in [6.45, 7) is 0. The summed E-state index contributed by atoms with van der Waals surface area (Å²) in [6.07, 6.45) is 3.43. The molecule has 2 N–H and O–H groups in total. The summed E-state index contributed by atoms with van der Waals surface area (Å²) in [7, 11) is 1.61. The molecule has 0 atom stereocenters. The Morgan fingerprint density at radius 2 is 1.92 bits per heavy atom. The van der Waals surface area contributed by atoms with Gasteiger partial charge in [-0.15, -0.1) is 0 Å². The van der Waals surface area contributed by atoms with Gasteiger partial charge in [0.2, 0.25) is 0 Å². The number of hydrogen-bond donors (Lipinski definition) is 2. The molecule has 0 saturated carbocycles. The van der Waals surface area contributed by atoms with Crippen LogP contribution in [0.1, 0.15) is 0 Å². The number of nitrogens with one attached hydrogen (secondary N) is 2. The molecule has 0 amide bonds. The number of aromatic nitrogens is 4. The lowest BCUT2D eigenvalue weighted by atomic mass is 10.0. The molecule has 6 nitrogen and oxygen atoms in total. The molecule has 0 aliphatic carbocycles. The number of pyridine rings is 2. The Labute approximate surface area is 153 Å². The number of hydrogen-bond acceptors (Lipinski definition) is 5. The molecule has 3 heterocycles. The minimum Gasteiger partial charge on any atom is -0.497 e. The van der Waals surface area contributed by atoms with E-state index in [1.807, 2.05) is 42.5 Å². The first-order chi connectivity index (χ1) is 12.7. The number of aromatic amines is 2. The lowest BCUT2D eigenvalue weighted by molar-refractivity contribution is 0.415. The van der Waals surface area contributed by atoms with Crippen LogP contribution in [0.15, 0.2) is 59.7 Å². The van der Waals surface area contributed by atoms with Gasteiger partial charge < -0.3 is 9.72 Å². The van der Waals surface area contributed by atoms with E-state index in [1.165, 1.54) is 0 Å². The standard InChI is InChI=1S/C19H14N4O2S/c1-25-13-6-2-4-11(8-13)14-9-15(12-5-3-7-20-10-12)21-17-16(14)18(24)23-19(26)22-17/h2-10H,1H3,(H2,21,22,23,24,26). The molecule has 1 aromatic carbocycles. The van der Waals surface area contributed by atoms with Crippen molar-refractivity contribution in [3.05, 3.63) is 70.0 Å². The van der Waals surface area contributed by atoms with Gasteiger partial charge in [-0.25, -0.2) is 4.98 Å². The molecule has 4 aromatic rings. The van der Waals surface area contributed by atoms with Gasteiger partial charge in [0.05, 0.1) is 18.2 Å². The van der Waals surface area contributed by atoms with E-state index in [0.717, 1.165) is 16.7 Å². The Hall–Kier alpha value is -3.32. The van der Waals surface area contributed by atoms with Crippen molar-refractivity contribution in [2.45, 2.75) is 0 Å². The van der Waals surface area contributed by atoms with Gasteiger partial charge in [0.25, 0.3) is 5.56 Å². The van der Waals surface area contributed by atoms with Crippen molar-refractivity contribution in [1.29, 1.82) is 0 Å². The van der Waals surface area contributed by atoms with Crippen LogP contribution < -0.4 is 10.3 Å². The van der Waals surface area contributed by atoms with Gasteiger partial charge in [0, 0.05) is 23.5 Å². The first kappa shape index (κ1) is 16.2. The quantitative estimate of drug-likeness (QED) is 0.543. The summed E-state index contributed by atoms with van der Waals surface area (Å²) >= 11 is 5.10. The van der Waals surface area contributed by atoms with E-state index < -0.39 is 0 Å². The van der Waals surface area contributed by atoms with E-state index in [4.69, 9.17) is 17.0 Å². The minimum absolute atomic E-state index is 0.231. The second-order valence-electron chi connectivity index (χ2n) is 5.66. The van der Waals surface area contributed by atoms with Crippen LogP contribution in [0.5, 0.6) is 5.75 Å². The number of benzene rings is 1. The minimum atomic E-state index is -0.285. The zero-order valence-electron chi connectivity index (χ0n) is 13.8. The number of H-pyrrole nitrogens is 2. The molecule has 0 aliphatic rings. The van der Waals surface area contributed by atoms with E-state index in [2.05, 4.69) is 19.9 Å². The fourth-order valence-corrected chi connectivity index (χ4v) is 3.04. The number of nitrogens with zero attached hydrogens (tertiary/aromatic N) is 2. The molecule has 0 fully saturated rings. The smallest absolute Gasteiger partial charge is 0.261 e. The van der Waals surface area contributed by atoms with Crippen molar-refractivity contribution in [3.63, 3.8) is 0 Å². The maximum absolute atomic E-state index is 12.6. The number of rotatable bonds is 3. The van der Waals surface area contributed by atoms with Crippen LogP contribution >= 0.6 is 12.2 Å². The van der Waals surface area contributed by atoms with E-state index in [-0.39, 0.29) is 10.3 Å². The Morgan fingerprint density at radius 1 is 1.08 bits per heavy atom. The third-order valence-corrected chi connectivity index (χ3v) is 4.25. The van der Waals surface area contributed by atoms with E-state index >= 15 is 0 Å².